The molecule has 4 nitrogen and oxygen atoms in total. The number of benzene rings is 1. The number of rotatable bonds is 4. The molecule has 0 saturated heterocycles. The molecule has 16 heavy (non-hydrogen) atoms. The van der Waals surface area contributed by atoms with Crippen LogP contribution in [0, 0.1) is 0 Å². The molecule has 0 aliphatic carbocycles. The number of hydrogen-bond donors (Lipinski definition) is 2. The largest absolute Gasteiger partial charge is 0.462 e. The number of ether oxygens (including phenoxy) is 1. The zero-order valence-corrected chi connectivity index (χ0v) is 10.1. The first-order valence-corrected chi connectivity index (χ1v) is 5.48. The molecule has 5 heteroatoms. The normalized spacial score (nSPS) is 9.94. The highest BCUT2D eigenvalue weighted by molar-refractivity contribution is 6.34. The third-order valence-electron chi connectivity index (χ3n) is 2.00. The summed E-state index contributed by atoms with van der Waals surface area (Å²) in [5, 5.41) is 3.39. The Kier molecular flexibility index (Phi) is 4.43. The highest BCUT2D eigenvalue weighted by atomic mass is 35.5. The molecule has 0 unspecified atom stereocenters. The summed E-state index contributed by atoms with van der Waals surface area (Å²) in [7, 11) is 0. The van der Waals surface area contributed by atoms with Crippen molar-refractivity contribution in [3.63, 3.8) is 0 Å². The zero-order chi connectivity index (χ0) is 12.1. The molecular formula is C11H15ClN2O2. The lowest BCUT2D eigenvalue weighted by Gasteiger charge is -2.10. The van der Waals surface area contributed by atoms with E-state index in [9.17, 15) is 4.79 Å². The van der Waals surface area contributed by atoms with Crippen LogP contribution in [0.3, 0.4) is 0 Å². The van der Waals surface area contributed by atoms with E-state index in [-0.39, 0.29) is 0 Å². The van der Waals surface area contributed by atoms with Crippen molar-refractivity contribution in [3.8, 4) is 0 Å². The van der Waals surface area contributed by atoms with Gasteiger partial charge in [-0.1, -0.05) is 11.6 Å². The molecule has 0 radical (unpaired) electrons. The molecule has 0 bridgehead atoms. The van der Waals surface area contributed by atoms with Crippen LogP contribution >= 0.6 is 11.6 Å². The summed E-state index contributed by atoms with van der Waals surface area (Å²) in [5.41, 5.74) is 7.28. The molecule has 0 aliphatic rings. The molecule has 0 amide bonds. The number of nitrogens with two attached hydrogens (primary N) is 1. The van der Waals surface area contributed by atoms with Gasteiger partial charge in [0.25, 0.3) is 0 Å². The van der Waals surface area contributed by atoms with Crippen LogP contribution in [0.15, 0.2) is 12.1 Å². The average molecular weight is 243 g/mol. The number of halogens is 1. The quantitative estimate of drug-likeness (QED) is 0.629. The van der Waals surface area contributed by atoms with Crippen LogP contribution in [-0.4, -0.2) is 19.1 Å². The van der Waals surface area contributed by atoms with Crippen molar-refractivity contribution < 1.29 is 9.53 Å². The van der Waals surface area contributed by atoms with Gasteiger partial charge < -0.3 is 15.8 Å². The summed E-state index contributed by atoms with van der Waals surface area (Å²) in [4.78, 5) is 11.5. The van der Waals surface area contributed by atoms with Crippen molar-refractivity contribution in [2.45, 2.75) is 13.8 Å². The Bertz CT molecular complexity index is 394. The van der Waals surface area contributed by atoms with E-state index in [0.717, 1.165) is 12.2 Å². The molecule has 1 aromatic carbocycles. The van der Waals surface area contributed by atoms with E-state index < -0.39 is 5.97 Å². The van der Waals surface area contributed by atoms with Crippen LogP contribution in [0.1, 0.15) is 24.2 Å². The summed E-state index contributed by atoms with van der Waals surface area (Å²) >= 11 is 5.97. The molecule has 0 heterocycles. The van der Waals surface area contributed by atoms with Crippen LogP contribution in [0.4, 0.5) is 11.4 Å². The van der Waals surface area contributed by atoms with Gasteiger partial charge in [-0.15, -0.1) is 0 Å². The maximum absolute atomic E-state index is 11.5. The Morgan fingerprint density at radius 2 is 2.19 bits per heavy atom. The van der Waals surface area contributed by atoms with Gasteiger partial charge in [-0.25, -0.2) is 4.79 Å². The van der Waals surface area contributed by atoms with Crippen LogP contribution < -0.4 is 11.1 Å². The van der Waals surface area contributed by atoms with E-state index >= 15 is 0 Å². The maximum atomic E-state index is 11.5. The third kappa shape index (κ3) is 2.79. The van der Waals surface area contributed by atoms with Crippen molar-refractivity contribution in [2.24, 2.45) is 0 Å². The molecule has 0 saturated carbocycles. The molecule has 0 spiro atoms. The monoisotopic (exact) mass is 242 g/mol. The van der Waals surface area contributed by atoms with Gasteiger partial charge in [0, 0.05) is 6.54 Å². The second kappa shape index (κ2) is 5.61. The standard InChI is InChI=1S/C11H15ClN2O2/c1-3-14-10-6-8(12)7(5-9(10)13)11(15)16-4-2/h5-6,14H,3-4,13H2,1-2H3. The van der Waals surface area contributed by atoms with Crippen LogP contribution in [0.5, 0.6) is 0 Å². The topological polar surface area (TPSA) is 64.3 Å². The molecule has 0 aromatic heterocycles. The predicted molar refractivity (Wildman–Crippen MR) is 66.0 cm³/mol. The van der Waals surface area contributed by atoms with Gasteiger partial charge in [-0.05, 0) is 26.0 Å². The van der Waals surface area contributed by atoms with E-state index in [4.69, 9.17) is 22.1 Å². The Labute approximate surface area is 99.7 Å². The number of anilines is 2. The summed E-state index contributed by atoms with van der Waals surface area (Å²) in [6.45, 7) is 4.73. The first-order valence-electron chi connectivity index (χ1n) is 5.10. The molecular weight excluding hydrogens is 228 g/mol. The summed E-state index contributed by atoms with van der Waals surface area (Å²) < 4.78 is 4.86. The summed E-state index contributed by atoms with van der Waals surface area (Å²) in [6, 6.07) is 3.16. The van der Waals surface area contributed by atoms with Gasteiger partial charge in [0.05, 0.1) is 28.6 Å². The Hall–Kier alpha value is -1.42. The fourth-order valence-electron chi connectivity index (χ4n) is 1.30. The first-order chi connectivity index (χ1) is 7.60. The van der Waals surface area contributed by atoms with Gasteiger partial charge in [-0.2, -0.15) is 0 Å². The summed E-state index contributed by atoms with van der Waals surface area (Å²) in [6.07, 6.45) is 0. The molecule has 1 aromatic rings. The number of carbonyl (C=O) groups is 1. The van der Waals surface area contributed by atoms with Crippen molar-refractivity contribution in [2.75, 3.05) is 24.2 Å². The van der Waals surface area contributed by atoms with E-state index in [1.165, 1.54) is 6.07 Å². The molecule has 88 valence electrons. The summed E-state index contributed by atoms with van der Waals surface area (Å²) in [5.74, 6) is -0.456. The van der Waals surface area contributed by atoms with Crippen LogP contribution in [0.25, 0.3) is 0 Å². The van der Waals surface area contributed by atoms with E-state index in [1.54, 1.807) is 13.0 Å². The zero-order valence-electron chi connectivity index (χ0n) is 9.34. The highest BCUT2D eigenvalue weighted by Gasteiger charge is 2.14. The first kappa shape index (κ1) is 12.6. The average Bonchev–Trinajstić information content (AvgIpc) is 2.23. The second-order valence-corrected chi connectivity index (χ2v) is 3.58. The van der Waals surface area contributed by atoms with Crippen molar-refractivity contribution in [3.05, 3.63) is 22.7 Å². The lowest BCUT2D eigenvalue weighted by Crippen LogP contribution is -2.08. The number of esters is 1. The SMILES string of the molecule is CCNc1cc(Cl)c(C(=O)OCC)cc1N. The fraction of sp³-hybridized carbons (Fsp3) is 0.364. The Balaban J connectivity index is 3.05. The van der Waals surface area contributed by atoms with E-state index in [2.05, 4.69) is 5.32 Å². The minimum absolute atomic E-state index is 0.294. The number of nitrogens with one attached hydrogen (secondary N) is 1. The fourth-order valence-corrected chi connectivity index (χ4v) is 1.54. The predicted octanol–water partition coefficient (Wildman–Crippen LogP) is 2.53. The van der Waals surface area contributed by atoms with Crippen molar-refractivity contribution in [1.82, 2.24) is 0 Å². The van der Waals surface area contributed by atoms with Crippen LogP contribution in [0.2, 0.25) is 5.02 Å². The molecule has 0 atom stereocenters. The number of carbonyl (C=O) groups excluding carboxylic acids is 1. The number of hydrogen-bond acceptors (Lipinski definition) is 4. The Morgan fingerprint density at radius 1 is 1.50 bits per heavy atom. The second-order valence-electron chi connectivity index (χ2n) is 3.17. The van der Waals surface area contributed by atoms with Crippen LogP contribution in [-0.2, 0) is 4.74 Å². The van der Waals surface area contributed by atoms with E-state index in [1.807, 2.05) is 6.92 Å². The van der Waals surface area contributed by atoms with Gasteiger partial charge in [0.2, 0.25) is 0 Å². The molecule has 0 aliphatic heterocycles. The smallest absolute Gasteiger partial charge is 0.339 e. The molecule has 3 N–H and O–H groups in total. The lowest BCUT2D eigenvalue weighted by atomic mass is 10.1. The minimum atomic E-state index is -0.456. The lowest BCUT2D eigenvalue weighted by molar-refractivity contribution is 0.0526. The van der Waals surface area contributed by atoms with Crippen molar-refractivity contribution >= 4 is 28.9 Å². The van der Waals surface area contributed by atoms with Crippen molar-refractivity contribution in [1.29, 1.82) is 0 Å². The molecule has 1 rings (SSSR count). The van der Waals surface area contributed by atoms with Gasteiger partial charge in [0.15, 0.2) is 0 Å². The minimum Gasteiger partial charge on any atom is -0.462 e. The van der Waals surface area contributed by atoms with E-state index in [0.29, 0.717) is 22.9 Å². The molecule has 0 fully saturated rings. The van der Waals surface area contributed by atoms with Gasteiger partial charge in [-0.3, -0.25) is 0 Å². The Morgan fingerprint density at radius 3 is 2.75 bits per heavy atom. The van der Waals surface area contributed by atoms with Gasteiger partial charge in [0.1, 0.15) is 0 Å². The number of nitrogen functional groups attached to an aromatic ring is 1. The van der Waals surface area contributed by atoms with Gasteiger partial charge >= 0.3 is 5.97 Å². The highest BCUT2D eigenvalue weighted by Crippen LogP contribution is 2.27. The maximum Gasteiger partial charge on any atom is 0.339 e. The third-order valence-corrected chi connectivity index (χ3v) is 2.31.